The second-order valence-corrected chi connectivity index (χ2v) is 13.7. The van der Waals surface area contributed by atoms with Gasteiger partial charge >= 0.3 is 0 Å². The van der Waals surface area contributed by atoms with E-state index in [1.807, 2.05) is 12.2 Å². The first-order valence-corrected chi connectivity index (χ1v) is 18.3. The van der Waals surface area contributed by atoms with Crippen molar-refractivity contribution >= 4 is 43.5 Å². The molecule has 6 aromatic carbocycles. The molecule has 0 nitrogen and oxygen atoms in total. The van der Waals surface area contributed by atoms with Crippen LogP contribution in [0.2, 0.25) is 0 Å². The van der Waals surface area contributed by atoms with Gasteiger partial charge in [0.15, 0.2) is 0 Å². The van der Waals surface area contributed by atoms with E-state index in [-0.39, 0.29) is 0 Å². The first-order valence-electron chi connectivity index (χ1n) is 18.3. The van der Waals surface area contributed by atoms with Gasteiger partial charge in [0.2, 0.25) is 0 Å². The molecule has 0 saturated heterocycles. The molecule has 0 unspecified atom stereocenters. The highest BCUT2D eigenvalue weighted by Gasteiger charge is 2.15. The highest BCUT2D eigenvalue weighted by Crippen LogP contribution is 2.38. The van der Waals surface area contributed by atoms with Crippen molar-refractivity contribution in [3.63, 3.8) is 0 Å². The van der Waals surface area contributed by atoms with Gasteiger partial charge in [-0.05, 0) is 132 Å². The maximum Gasteiger partial charge on any atom is -0.00933 e. The predicted molar refractivity (Wildman–Crippen MR) is 228 cm³/mol. The lowest BCUT2D eigenvalue weighted by molar-refractivity contribution is 0.905. The largest absolute Gasteiger partial charge is 0.0991 e. The Bertz CT molecular complexity index is 2600. The highest BCUT2D eigenvalue weighted by molar-refractivity contribution is 6.03. The van der Waals surface area contributed by atoms with Gasteiger partial charge in [-0.1, -0.05) is 177 Å². The van der Waals surface area contributed by atoms with Crippen LogP contribution in [-0.2, 0) is 0 Å². The van der Waals surface area contributed by atoms with Gasteiger partial charge < -0.3 is 0 Å². The Kier molecular flexibility index (Phi) is 9.46. The first kappa shape index (κ1) is 32.9. The van der Waals surface area contributed by atoms with Crippen LogP contribution in [0.25, 0.3) is 65.7 Å². The first-order chi connectivity index (χ1) is 25.6. The number of allylic oxidation sites excluding steroid dienone is 12. The Morgan fingerprint density at radius 3 is 1.79 bits per heavy atom. The molecule has 0 aliphatic heterocycles. The summed E-state index contributed by atoms with van der Waals surface area (Å²) in [5.74, 6) is 0. The lowest BCUT2D eigenvalue weighted by atomic mass is 9.85. The number of hydrogen-bond acceptors (Lipinski definition) is 0. The maximum atomic E-state index is 4.59. The van der Waals surface area contributed by atoms with Gasteiger partial charge in [0.1, 0.15) is 0 Å². The molecule has 0 fully saturated rings. The molecular weight excluding hydrogens is 625 g/mol. The summed E-state index contributed by atoms with van der Waals surface area (Å²) in [7, 11) is 0. The molecule has 2 aliphatic carbocycles. The molecular formula is C52H42. The monoisotopic (exact) mass is 666 g/mol. The molecule has 0 heteroatoms. The van der Waals surface area contributed by atoms with Gasteiger partial charge in [-0.15, -0.1) is 0 Å². The molecule has 6 aromatic rings. The van der Waals surface area contributed by atoms with Crippen LogP contribution < -0.4 is 0 Å². The van der Waals surface area contributed by atoms with Crippen molar-refractivity contribution in [2.45, 2.75) is 25.7 Å². The zero-order valence-corrected chi connectivity index (χ0v) is 29.6. The fourth-order valence-electron chi connectivity index (χ4n) is 7.60. The van der Waals surface area contributed by atoms with Gasteiger partial charge in [-0.2, -0.15) is 0 Å². The third kappa shape index (κ3) is 6.89. The molecule has 0 atom stereocenters. The maximum absolute atomic E-state index is 4.59. The van der Waals surface area contributed by atoms with Crippen LogP contribution in [0, 0.1) is 0 Å². The zero-order chi connectivity index (χ0) is 35.3. The molecule has 8 rings (SSSR count). The summed E-state index contributed by atoms with van der Waals surface area (Å²) in [4.78, 5) is 0. The predicted octanol–water partition coefficient (Wildman–Crippen LogP) is 14.7. The third-order valence-corrected chi connectivity index (χ3v) is 10.4. The van der Waals surface area contributed by atoms with E-state index in [1.165, 1.54) is 71.3 Å². The SMILES string of the molecule is C=C/C=C\C(=C)c1cccc(-c2ccc3ccccc3c2)ccc(C2=CC=C(C3=CC=CCC3)CC2)c2ccc(-c3ccc4ccccc4c3)cc12. The summed E-state index contributed by atoms with van der Waals surface area (Å²) in [5.41, 5.74) is 12.3. The smallest absolute Gasteiger partial charge is 0.00933 e. The molecule has 0 spiro atoms. The molecule has 0 N–H and O–H groups in total. The Hall–Kier alpha value is -6.24. The van der Waals surface area contributed by atoms with Crippen LogP contribution in [0.4, 0.5) is 0 Å². The Balaban J connectivity index is 1.39. The summed E-state index contributed by atoms with van der Waals surface area (Å²) < 4.78 is 0. The molecule has 2 aliphatic rings. The summed E-state index contributed by atoms with van der Waals surface area (Å²) in [6, 6.07) is 48.9. The van der Waals surface area contributed by atoms with Crippen LogP contribution in [0.5, 0.6) is 0 Å². The summed E-state index contributed by atoms with van der Waals surface area (Å²) in [6.07, 6.45) is 21.6. The normalized spacial score (nSPS) is 14.2. The van der Waals surface area contributed by atoms with Crippen molar-refractivity contribution in [3.8, 4) is 22.3 Å². The average Bonchev–Trinajstić information content (AvgIpc) is 3.21. The minimum atomic E-state index is 0.940. The van der Waals surface area contributed by atoms with Gasteiger partial charge in [0.05, 0.1) is 0 Å². The van der Waals surface area contributed by atoms with Crippen molar-refractivity contribution in [2.75, 3.05) is 0 Å². The molecule has 0 bridgehead atoms. The minimum absolute atomic E-state index is 0.940. The Morgan fingerprint density at radius 2 is 1.12 bits per heavy atom. The molecule has 52 heavy (non-hydrogen) atoms. The number of benzene rings is 5. The lowest BCUT2D eigenvalue weighted by Gasteiger charge is -2.20. The second kappa shape index (κ2) is 14.9. The summed E-state index contributed by atoms with van der Waals surface area (Å²) >= 11 is 0. The van der Waals surface area contributed by atoms with E-state index in [0.717, 1.165) is 42.4 Å². The van der Waals surface area contributed by atoms with E-state index in [9.17, 15) is 0 Å². The molecule has 0 amide bonds. The van der Waals surface area contributed by atoms with Crippen molar-refractivity contribution in [3.05, 3.63) is 217 Å². The van der Waals surface area contributed by atoms with Crippen LogP contribution in [0.15, 0.2) is 206 Å². The van der Waals surface area contributed by atoms with E-state index >= 15 is 0 Å². The van der Waals surface area contributed by atoms with E-state index < -0.39 is 0 Å². The lowest BCUT2D eigenvalue weighted by Crippen LogP contribution is -1.99. The van der Waals surface area contributed by atoms with Crippen LogP contribution in [0.1, 0.15) is 36.8 Å². The van der Waals surface area contributed by atoms with Gasteiger partial charge in [-0.3, -0.25) is 0 Å². The van der Waals surface area contributed by atoms with Crippen LogP contribution in [-0.4, -0.2) is 0 Å². The molecule has 0 saturated carbocycles. The molecule has 0 radical (unpaired) electrons. The highest BCUT2D eigenvalue weighted by atomic mass is 14.2. The molecule has 0 aromatic heterocycles. The van der Waals surface area contributed by atoms with E-state index in [1.54, 1.807) is 0 Å². The average molecular weight is 667 g/mol. The minimum Gasteiger partial charge on any atom is -0.0991 e. The van der Waals surface area contributed by atoms with Gasteiger partial charge in [0, 0.05) is 0 Å². The van der Waals surface area contributed by atoms with E-state index in [0.29, 0.717) is 0 Å². The van der Waals surface area contributed by atoms with E-state index in [2.05, 4.69) is 183 Å². The number of hydrogen-bond donors (Lipinski definition) is 0. The zero-order valence-electron chi connectivity index (χ0n) is 29.6. The Labute approximate surface area is 307 Å². The second-order valence-electron chi connectivity index (χ2n) is 13.7. The van der Waals surface area contributed by atoms with Gasteiger partial charge in [-0.25, -0.2) is 0 Å². The number of rotatable bonds is 7. The quantitative estimate of drug-likeness (QED) is 0.149. The molecule has 0 heterocycles. The van der Waals surface area contributed by atoms with E-state index in [4.69, 9.17) is 0 Å². The summed E-state index contributed by atoms with van der Waals surface area (Å²) in [6.45, 7) is 8.53. The topological polar surface area (TPSA) is 0 Å². The van der Waals surface area contributed by atoms with Crippen LogP contribution in [0.3, 0.4) is 0 Å². The van der Waals surface area contributed by atoms with Crippen molar-refractivity contribution in [2.24, 2.45) is 0 Å². The van der Waals surface area contributed by atoms with Gasteiger partial charge in [0.25, 0.3) is 0 Å². The summed E-state index contributed by atoms with van der Waals surface area (Å²) in [5, 5.41) is 7.34. The Morgan fingerprint density at radius 1 is 0.500 bits per heavy atom. The standard InChI is InChI=1S/C52H42/c1-3-4-13-37(2)49-21-12-20-41(46-28-24-39-16-8-10-18-44(39)34-46)30-32-50(43-26-22-42(23-27-43)38-14-6-5-7-15-38)51-33-31-48(36-52(49)51)47-29-25-40-17-9-11-19-45(40)35-47/h3-6,8-14,16-22,24-26,28-36H,1-2,7,15,23,27H2/b13-4-,20-12?,21-12?,32-30?,41-20?,41-30?,49-21?,50-32?,51-50?,52-49?. The fraction of sp³-hybridized carbons (Fsp3) is 0.0769. The van der Waals surface area contributed by atoms with Crippen molar-refractivity contribution < 1.29 is 0 Å². The van der Waals surface area contributed by atoms with Crippen molar-refractivity contribution in [1.29, 1.82) is 0 Å². The third-order valence-electron chi connectivity index (χ3n) is 10.4. The molecule has 250 valence electrons. The fourth-order valence-corrected chi connectivity index (χ4v) is 7.60. The number of fused-ring (bicyclic) bond motifs is 3. The van der Waals surface area contributed by atoms with Crippen LogP contribution >= 0.6 is 0 Å². The van der Waals surface area contributed by atoms with Crippen molar-refractivity contribution in [1.82, 2.24) is 0 Å².